The molecule has 2 rings (SSSR count). The first kappa shape index (κ1) is 10.5. The molecule has 82 valence electrons. The highest BCUT2D eigenvalue weighted by molar-refractivity contribution is 5.98. The molecule has 0 radical (unpaired) electrons. The second-order valence-corrected chi connectivity index (χ2v) is 3.43. The Morgan fingerprint density at radius 2 is 2.38 bits per heavy atom. The van der Waals surface area contributed by atoms with Crippen LogP contribution in [0.2, 0.25) is 0 Å². The summed E-state index contributed by atoms with van der Waals surface area (Å²) in [6.45, 7) is 0.404. The number of hydrogen-bond acceptors (Lipinski definition) is 4. The minimum atomic E-state index is -0.205. The van der Waals surface area contributed by atoms with Crippen molar-refractivity contribution < 1.29 is 9.53 Å². The Balaban J connectivity index is 2.44. The van der Waals surface area contributed by atoms with Crippen molar-refractivity contribution in [2.45, 2.75) is 6.54 Å². The monoisotopic (exact) mass is 217 g/mol. The highest BCUT2D eigenvalue weighted by atomic mass is 16.5. The molecule has 16 heavy (non-hydrogen) atoms. The zero-order chi connectivity index (χ0) is 11.5. The van der Waals surface area contributed by atoms with Gasteiger partial charge in [-0.25, -0.2) is 0 Å². The number of fused-ring (bicyclic) bond motifs is 1. The van der Waals surface area contributed by atoms with Gasteiger partial charge in [-0.2, -0.15) is 5.26 Å². The lowest BCUT2D eigenvalue weighted by Crippen LogP contribution is -2.39. The van der Waals surface area contributed by atoms with Gasteiger partial charge >= 0.3 is 0 Å². The SMILES string of the molecule is N#CCN1C(=O)COc2ccc(CN)cc21. The number of rotatable bonds is 2. The molecule has 0 spiro atoms. The summed E-state index contributed by atoms with van der Waals surface area (Å²) in [4.78, 5) is 13.0. The Hall–Kier alpha value is -2.06. The van der Waals surface area contributed by atoms with Crippen molar-refractivity contribution in [2.24, 2.45) is 5.73 Å². The van der Waals surface area contributed by atoms with Crippen LogP contribution in [-0.2, 0) is 11.3 Å². The van der Waals surface area contributed by atoms with E-state index in [-0.39, 0.29) is 19.1 Å². The van der Waals surface area contributed by atoms with Crippen LogP contribution < -0.4 is 15.4 Å². The second-order valence-electron chi connectivity index (χ2n) is 3.43. The van der Waals surface area contributed by atoms with Crippen molar-refractivity contribution in [1.29, 1.82) is 5.26 Å². The van der Waals surface area contributed by atoms with Crippen molar-refractivity contribution in [2.75, 3.05) is 18.1 Å². The van der Waals surface area contributed by atoms with Crippen molar-refractivity contribution >= 4 is 11.6 Å². The molecule has 1 aromatic rings. The zero-order valence-corrected chi connectivity index (χ0v) is 8.64. The number of carbonyl (C=O) groups excluding carboxylic acids is 1. The molecule has 0 saturated carbocycles. The van der Waals surface area contributed by atoms with E-state index in [1.54, 1.807) is 12.1 Å². The van der Waals surface area contributed by atoms with Gasteiger partial charge < -0.3 is 10.5 Å². The Labute approximate surface area is 93.0 Å². The standard InChI is InChI=1S/C11H11N3O2/c12-3-4-14-9-5-8(6-13)1-2-10(9)16-7-11(14)15/h1-2,5H,4,6-7,13H2. The number of nitrogens with zero attached hydrogens (tertiary/aromatic N) is 2. The molecule has 0 fully saturated rings. The summed E-state index contributed by atoms with van der Waals surface area (Å²) in [5.74, 6) is 0.412. The molecule has 1 amide bonds. The Bertz CT molecular complexity index is 465. The maximum atomic E-state index is 11.6. The maximum absolute atomic E-state index is 11.6. The molecule has 1 aliphatic rings. The third-order valence-corrected chi connectivity index (χ3v) is 2.43. The van der Waals surface area contributed by atoms with Crippen LogP contribution >= 0.6 is 0 Å². The van der Waals surface area contributed by atoms with Crippen LogP contribution in [-0.4, -0.2) is 19.1 Å². The molecule has 1 aromatic carbocycles. The van der Waals surface area contributed by atoms with Gasteiger partial charge in [-0.1, -0.05) is 6.07 Å². The fraction of sp³-hybridized carbons (Fsp3) is 0.273. The summed E-state index contributed by atoms with van der Waals surface area (Å²) >= 11 is 0. The Morgan fingerprint density at radius 1 is 1.56 bits per heavy atom. The molecule has 0 bridgehead atoms. The number of ether oxygens (including phenoxy) is 1. The lowest BCUT2D eigenvalue weighted by molar-refractivity contribution is -0.121. The first-order valence-electron chi connectivity index (χ1n) is 4.89. The van der Waals surface area contributed by atoms with Crippen LogP contribution in [0.25, 0.3) is 0 Å². The molecular weight excluding hydrogens is 206 g/mol. The lowest BCUT2D eigenvalue weighted by atomic mass is 10.1. The summed E-state index contributed by atoms with van der Waals surface area (Å²) in [5, 5.41) is 8.68. The molecule has 0 aliphatic carbocycles. The zero-order valence-electron chi connectivity index (χ0n) is 8.64. The largest absolute Gasteiger partial charge is 0.482 e. The summed E-state index contributed by atoms with van der Waals surface area (Å²) < 4.78 is 5.27. The molecule has 5 heteroatoms. The quantitative estimate of drug-likeness (QED) is 0.727. The van der Waals surface area contributed by atoms with Crippen LogP contribution in [0.3, 0.4) is 0 Å². The van der Waals surface area contributed by atoms with E-state index in [0.717, 1.165) is 5.56 Å². The molecule has 2 N–H and O–H groups in total. The van der Waals surface area contributed by atoms with Crippen LogP contribution in [0.1, 0.15) is 5.56 Å². The van der Waals surface area contributed by atoms with E-state index in [2.05, 4.69) is 0 Å². The van der Waals surface area contributed by atoms with E-state index in [0.29, 0.717) is 18.0 Å². The van der Waals surface area contributed by atoms with Gasteiger partial charge in [0.05, 0.1) is 11.8 Å². The molecule has 0 aromatic heterocycles. The summed E-state index contributed by atoms with van der Waals surface area (Å²) in [5.41, 5.74) is 7.06. The highest BCUT2D eigenvalue weighted by Crippen LogP contribution is 2.32. The normalized spacial score (nSPS) is 14.0. The highest BCUT2D eigenvalue weighted by Gasteiger charge is 2.25. The molecule has 1 aliphatic heterocycles. The number of carbonyl (C=O) groups is 1. The van der Waals surface area contributed by atoms with Crippen LogP contribution in [0, 0.1) is 11.3 Å². The van der Waals surface area contributed by atoms with Gasteiger partial charge in [0.2, 0.25) is 0 Å². The Morgan fingerprint density at radius 3 is 3.06 bits per heavy atom. The minimum absolute atomic E-state index is 0.0172. The summed E-state index contributed by atoms with van der Waals surface area (Å²) in [6, 6.07) is 7.36. The van der Waals surface area contributed by atoms with Crippen LogP contribution in [0.4, 0.5) is 5.69 Å². The topological polar surface area (TPSA) is 79.3 Å². The number of amides is 1. The lowest BCUT2D eigenvalue weighted by Gasteiger charge is -2.27. The number of nitrogens with two attached hydrogens (primary N) is 1. The van der Waals surface area contributed by atoms with Gasteiger partial charge in [0.25, 0.3) is 5.91 Å². The number of anilines is 1. The van der Waals surface area contributed by atoms with E-state index in [9.17, 15) is 4.79 Å². The third kappa shape index (κ3) is 1.71. The molecule has 5 nitrogen and oxygen atoms in total. The maximum Gasteiger partial charge on any atom is 0.265 e. The summed E-state index contributed by atoms with van der Waals surface area (Å²) in [6.07, 6.45) is 0. The molecule has 0 atom stereocenters. The number of benzene rings is 1. The van der Waals surface area contributed by atoms with Crippen molar-refractivity contribution in [3.05, 3.63) is 23.8 Å². The van der Waals surface area contributed by atoms with Gasteiger partial charge in [-0.15, -0.1) is 0 Å². The second kappa shape index (κ2) is 4.21. The van der Waals surface area contributed by atoms with E-state index < -0.39 is 0 Å². The smallest absolute Gasteiger partial charge is 0.265 e. The Kier molecular flexibility index (Phi) is 2.75. The third-order valence-electron chi connectivity index (χ3n) is 2.43. The van der Waals surface area contributed by atoms with Gasteiger partial charge in [0.1, 0.15) is 12.3 Å². The van der Waals surface area contributed by atoms with Crippen molar-refractivity contribution in [1.82, 2.24) is 0 Å². The first-order valence-corrected chi connectivity index (χ1v) is 4.89. The van der Waals surface area contributed by atoms with Gasteiger partial charge in [-0.3, -0.25) is 9.69 Å². The fourth-order valence-corrected chi connectivity index (χ4v) is 1.62. The summed E-state index contributed by atoms with van der Waals surface area (Å²) in [7, 11) is 0. The molecule has 0 saturated heterocycles. The van der Waals surface area contributed by atoms with Crippen LogP contribution in [0.15, 0.2) is 18.2 Å². The minimum Gasteiger partial charge on any atom is -0.482 e. The van der Waals surface area contributed by atoms with Gasteiger partial charge in [0.15, 0.2) is 6.61 Å². The van der Waals surface area contributed by atoms with Crippen molar-refractivity contribution in [3.8, 4) is 11.8 Å². The molecular formula is C11H11N3O2. The van der Waals surface area contributed by atoms with E-state index in [1.807, 2.05) is 12.1 Å². The van der Waals surface area contributed by atoms with Crippen molar-refractivity contribution in [3.63, 3.8) is 0 Å². The number of hydrogen-bond donors (Lipinski definition) is 1. The first-order chi connectivity index (χ1) is 7.76. The van der Waals surface area contributed by atoms with Gasteiger partial charge in [0, 0.05) is 6.54 Å². The average molecular weight is 217 g/mol. The average Bonchev–Trinajstić information content (AvgIpc) is 2.32. The predicted octanol–water partition coefficient (Wildman–Crippen LogP) is 0.394. The van der Waals surface area contributed by atoms with Crippen LogP contribution in [0.5, 0.6) is 5.75 Å². The van der Waals surface area contributed by atoms with E-state index in [4.69, 9.17) is 15.7 Å². The van der Waals surface area contributed by atoms with E-state index >= 15 is 0 Å². The van der Waals surface area contributed by atoms with E-state index in [1.165, 1.54) is 4.90 Å². The molecule has 1 heterocycles. The van der Waals surface area contributed by atoms with Gasteiger partial charge in [-0.05, 0) is 17.7 Å². The fourth-order valence-electron chi connectivity index (χ4n) is 1.62. The number of nitriles is 1. The molecule has 0 unspecified atom stereocenters. The predicted molar refractivity (Wildman–Crippen MR) is 57.8 cm³/mol.